The van der Waals surface area contributed by atoms with Gasteiger partial charge in [-0.15, -0.1) is 0 Å². The molecule has 0 bridgehead atoms. The van der Waals surface area contributed by atoms with Gasteiger partial charge in [-0.25, -0.2) is 0 Å². The summed E-state index contributed by atoms with van der Waals surface area (Å²) in [6, 6.07) is 0. The fourth-order valence-corrected chi connectivity index (χ4v) is 2.55. The molecule has 0 aromatic rings. The lowest BCUT2D eigenvalue weighted by molar-refractivity contribution is -0.161. The van der Waals surface area contributed by atoms with E-state index in [2.05, 4.69) is 0 Å². The summed E-state index contributed by atoms with van der Waals surface area (Å²) in [5, 5.41) is 9.23. The van der Waals surface area contributed by atoms with Gasteiger partial charge in [-0.2, -0.15) is 13.2 Å². The lowest BCUT2D eigenvalue weighted by atomic mass is 9.73. The minimum atomic E-state index is -4.27. The van der Waals surface area contributed by atoms with Gasteiger partial charge in [0.15, 0.2) is 0 Å². The maximum Gasteiger partial charge on any atom is 0.401 e. The van der Waals surface area contributed by atoms with E-state index in [4.69, 9.17) is 0 Å². The lowest BCUT2D eigenvalue weighted by Crippen LogP contribution is -2.45. The van der Waals surface area contributed by atoms with E-state index in [0.29, 0.717) is 12.8 Å². The van der Waals surface area contributed by atoms with E-state index in [1.54, 1.807) is 0 Å². The second-order valence-electron chi connectivity index (χ2n) is 4.93. The Morgan fingerprint density at radius 3 is 2.24 bits per heavy atom. The Bertz CT molecular complexity index is 272. The Kier molecular flexibility index (Phi) is 4.41. The van der Waals surface area contributed by atoms with Crippen LogP contribution in [-0.2, 0) is 4.79 Å². The third-order valence-corrected chi connectivity index (χ3v) is 3.29. The summed E-state index contributed by atoms with van der Waals surface area (Å²) < 4.78 is 36.6. The van der Waals surface area contributed by atoms with E-state index in [9.17, 15) is 23.1 Å². The molecular weight excluding hydrogens is 235 g/mol. The topological polar surface area (TPSA) is 40.5 Å². The second-order valence-corrected chi connectivity index (χ2v) is 4.93. The lowest BCUT2D eigenvalue weighted by Gasteiger charge is -2.36. The third-order valence-electron chi connectivity index (χ3n) is 3.29. The summed E-state index contributed by atoms with van der Waals surface area (Å²) in [5.41, 5.74) is -0.988. The fraction of sp³-hybridized carbons (Fsp3) is 0.909. The molecule has 1 aliphatic carbocycles. The molecule has 0 unspecified atom stereocenters. The van der Waals surface area contributed by atoms with Crippen molar-refractivity contribution < 1.29 is 23.1 Å². The average molecular weight is 253 g/mol. The first-order chi connectivity index (χ1) is 7.75. The highest BCUT2D eigenvalue weighted by Gasteiger charge is 2.42. The molecule has 0 aliphatic heterocycles. The number of rotatable bonds is 4. The Balaban J connectivity index is 2.64. The maximum atomic E-state index is 12.2. The number of carboxylic acids is 1. The van der Waals surface area contributed by atoms with Crippen LogP contribution in [0.15, 0.2) is 0 Å². The van der Waals surface area contributed by atoms with E-state index in [0.717, 1.165) is 24.2 Å². The number of hydrogen-bond donors (Lipinski definition) is 1. The Labute approximate surface area is 98.6 Å². The van der Waals surface area contributed by atoms with Crippen molar-refractivity contribution in [1.82, 2.24) is 4.90 Å². The number of alkyl halides is 3. The fourth-order valence-electron chi connectivity index (χ4n) is 2.55. The molecule has 0 atom stereocenters. The molecule has 0 spiro atoms. The number of carboxylic acid groups (broad SMARTS) is 1. The van der Waals surface area contributed by atoms with Gasteiger partial charge in [-0.05, 0) is 19.9 Å². The van der Waals surface area contributed by atoms with Crippen molar-refractivity contribution in [1.29, 1.82) is 0 Å². The van der Waals surface area contributed by atoms with Gasteiger partial charge >= 0.3 is 12.1 Å². The van der Waals surface area contributed by atoms with Crippen molar-refractivity contribution in [3.05, 3.63) is 0 Å². The summed E-state index contributed by atoms with van der Waals surface area (Å²) in [7, 11) is 1.33. The number of carbonyl (C=O) groups is 1. The van der Waals surface area contributed by atoms with Crippen molar-refractivity contribution in [2.45, 2.75) is 38.3 Å². The van der Waals surface area contributed by atoms with Crippen molar-refractivity contribution >= 4 is 5.97 Å². The molecule has 0 aromatic carbocycles. The standard InChI is InChI=1S/C11H18F3NO2/c1-15(8-11(12,13)14)7-10(9(16)17)5-3-2-4-6-10/h2-8H2,1H3,(H,16,17). The third kappa shape index (κ3) is 4.18. The molecule has 3 nitrogen and oxygen atoms in total. The van der Waals surface area contributed by atoms with Crippen LogP contribution in [0, 0.1) is 5.41 Å². The van der Waals surface area contributed by atoms with E-state index in [1.165, 1.54) is 7.05 Å². The molecule has 1 fully saturated rings. The highest BCUT2D eigenvalue weighted by molar-refractivity contribution is 5.75. The molecule has 0 saturated heterocycles. The van der Waals surface area contributed by atoms with Crippen molar-refractivity contribution in [3.63, 3.8) is 0 Å². The smallest absolute Gasteiger partial charge is 0.401 e. The molecule has 1 aliphatic rings. The van der Waals surface area contributed by atoms with Gasteiger partial charge in [0, 0.05) is 6.54 Å². The zero-order valence-electron chi connectivity index (χ0n) is 9.89. The maximum absolute atomic E-state index is 12.2. The van der Waals surface area contributed by atoms with Crippen LogP contribution in [0.5, 0.6) is 0 Å². The summed E-state index contributed by atoms with van der Waals surface area (Å²) in [6.45, 7) is -1.08. The molecule has 1 saturated carbocycles. The van der Waals surface area contributed by atoms with Crippen LogP contribution in [0.4, 0.5) is 13.2 Å². The predicted octanol–water partition coefficient (Wildman–Crippen LogP) is 2.52. The van der Waals surface area contributed by atoms with E-state index >= 15 is 0 Å². The largest absolute Gasteiger partial charge is 0.481 e. The van der Waals surface area contributed by atoms with E-state index in [-0.39, 0.29) is 6.54 Å². The van der Waals surface area contributed by atoms with Crippen LogP contribution in [0.1, 0.15) is 32.1 Å². The molecule has 1 N–H and O–H groups in total. The van der Waals surface area contributed by atoms with Gasteiger partial charge in [-0.1, -0.05) is 19.3 Å². The molecular formula is C11H18F3NO2. The first-order valence-corrected chi connectivity index (χ1v) is 5.74. The quantitative estimate of drug-likeness (QED) is 0.837. The molecule has 0 heterocycles. The summed E-state index contributed by atoms with van der Waals surface area (Å²) >= 11 is 0. The number of aliphatic carboxylic acids is 1. The highest BCUT2D eigenvalue weighted by Crippen LogP contribution is 2.37. The zero-order chi connectivity index (χ0) is 13.1. The minimum absolute atomic E-state index is 0.0259. The molecule has 1 rings (SSSR count). The Morgan fingerprint density at radius 1 is 1.29 bits per heavy atom. The monoisotopic (exact) mass is 253 g/mol. The van der Waals surface area contributed by atoms with Crippen molar-refractivity contribution in [2.75, 3.05) is 20.1 Å². The predicted molar refractivity (Wildman–Crippen MR) is 56.7 cm³/mol. The van der Waals surface area contributed by atoms with Gasteiger partial charge in [0.1, 0.15) is 0 Å². The van der Waals surface area contributed by atoms with Gasteiger partial charge in [0.05, 0.1) is 12.0 Å². The van der Waals surface area contributed by atoms with Gasteiger partial charge in [0.25, 0.3) is 0 Å². The van der Waals surface area contributed by atoms with Crippen LogP contribution in [0.2, 0.25) is 0 Å². The average Bonchev–Trinajstić information content (AvgIpc) is 2.15. The summed E-state index contributed by atoms with van der Waals surface area (Å²) in [5.74, 6) is -0.966. The van der Waals surface area contributed by atoms with E-state index < -0.39 is 24.1 Å². The Morgan fingerprint density at radius 2 is 1.82 bits per heavy atom. The van der Waals surface area contributed by atoms with Crippen LogP contribution >= 0.6 is 0 Å². The Hall–Kier alpha value is -0.780. The molecule has 100 valence electrons. The van der Waals surface area contributed by atoms with E-state index in [1.807, 2.05) is 0 Å². The van der Waals surface area contributed by atoms with Gasteiger partial charge in [0.2, 0.25) is 0 Å². The molecule has 17 heavy (non-hydrogen) atoms. The second kappa shape index (κ2) is 5.25. The van der Waals surface area contributed by atoms with Crippen LogP contribution < -0.4 is 0 Å². The first-order valence-electron chi connectivity index (χ1n) is 5.74. The number of nitrogens with zero attached hydrogens (tertiary/aromatic N) is 1. The summed E-state index contributed by atoms with van der Waals surface area (Å²) in [6.07, 6.45) is -0.783. The first kappa shape index (κ1) is 14.3. The SMILES string of the molecule is CN(CC(F)(F)F)CC1(C(=O)O)CCCCC1. The normalized spacial score (nSPS) is 20.5. The number of halogens is 3. The van der Waals surface area contributed by atoms with Crippen LogP contribution in [-0.4, -0.2) is 42.3 Å². The molecule has 0 radical (unpaired) electrons. The molecule has 0 aromatic heterocycles. The molecule has 6 heteroatoms. The van der Waals surface area contributed by atoms with Gasteiger partial charge in [-0.3, -0.25) is 9.69 Å². The highest BCUT2D eigenvalue weighted by atomic mass is 19.4. The zero-order valence-corrected chi connectivity index (χ0v) is 9.89. The van der Waals surface area contributed by atoms with Crippen molar-refractivity contribution in [3.8, 4) is 0 Å². The molecule has 0 amide bonds. The minimum Gasteiger partial charge on any atom is -0.481 e. The summed E-state index contributed by atoms with van der Waals surface area (Å²) in [4.78, 5) is 12.3. The number of hydrogen-bond acceptors (Lipinski definition) is 2. The van der Waals surface area contributed by atoms with Crippen LogP contribution in [0.25, 0.3) is 0 Å². The van der Waals surface area contributed by atoms with Gasteiger partial charge < -0.3 is 5.11 Å². The van der Waals surface area contributed by atoms with Crippen LogP contribution in [0.3, 0.4) is 0 Å². The van der Waals surface area contributed by atoms with Crippen molar-refractivity contribution in [2.24, 2.45) is 5.41 Å².